The molecular formula is C23H25N5O. The molecule has 148 valence electrons. The van der Waals surface area contributed by atoms with Gasteiger partial charge in [-0.2, -0.15) is 0 Å². The van der Waals surface area contributed by atoms with Gasteiger partial charge in [-0.25, -0.2) is 9.97 Å². The van der Waals surface area contributed by atoms with Crippen molar-refractivity contribution in [3.05, 3.63) is 59.2 Å². The highest BCUT2D eigenvalue weighted by molar-refractivity contribution is 6.29. The van der Waals surface area contributed by atoms with Crippen LogP contribution < -0.4 is 4.90 Å². The molecule has 0 saturated carbocycles. The molecule has 3 aromatic heterocycles. The summed E-state index contributed by atoms with van der Waals surface area (Å²) < 4.78 is 1.96. The average Bonchev–Trinajstić information content (AvgIpc) is 3.14. The number of allylic oxidation sites excluding steroid dienone is 1. The van der Waals surface area contributed by atoms with Crippen LogP contribution in [-0.2, 0) is 4.79 Å². The van der Waals surface area contributed by atoms with Crippen molar-refractivity contribution in [2.75, 3.05) is 38.1 Å². The minimum Gasteiger partial charge on any atom is -0.354 e. The number of pyridine rings is 2. The van der Waals surface area contributed by atoms with Gasteiger partial charge in [0.1, 0.15) is 11.5 Å². The Kier molecular flexibility index (Phi) is 4.24. The van der Waals surface area contributed by atoms with E-state index < -0.39 is 0 Å². The van der Waals surface area contributed by atoms with E-state index in [0.29, 0.717) is 5.57 Å². The third-order valence-corrected chi connectivity index (χ3v) is 6.10. The highest BCUT2D eigenvalue weighted by Crippen LogP contribution is 2.36. The summed E-state index contributed by atoms with van der Waals surface area (Å²) in [7, 11) is 2.14. The summed E-state index contributed by atoms with van der Waals surface area (Å²) >= 11 is 0. The number of hydrogen-bond acceptors (Lipinski definition) is 5. The van der Waals surface area contributed by atoms with Crippen molar-refractivity contribution < 1.29 is 4.79 Å². The zero-order valence-electron chi connectivity index (χ0n) is 17.1. The molecule has 0 bridgehead atoms. The number of hydrogen-bond donors (Lipinski definition) is 0. The molecule has 1 aliphatic carbocycles. The van der Waals surface area contributed by atoms with Crippen molar-refractivity contribution in [1.29, 1.82) is 0 Å². The molecule has 0 radical (unpaired) electrons. The van der Waals surface area contributed by atoms with Crippen molar-refractivity contribution in [3.63, 3.8) is 0 Å². The largest absolute Gasteiger partial charge is 0.354 e. The number of fused-ring (bicyclic) bond motifs is 2. The Balaban J connectivity index is 1.52. The van der Waals surface area contributed by atoms with Gasteiger partial charge in [0.25, 0.3) is 0 Å². The molecule has 1 atom stereocenters. The number of imidazole rings is 1. The highest BCUT2D eigenvalue weighted by Gasteiger charge is 2.29. The van der Waals surface area contributed by atoms with Gasteiger partial charge in [0, 0.05) is 56.3 Å². The lowest BCUT2D eigenvalue weighted by Crippen LogP contribution is -2.44. The van der Waals surface area contributed by atoms with Crippen LogP contribution in [0.25, 0.3) is 17.3 Å². The van der Waals surface area contributed by atoms with Crippen LogP contribution in [0.3, 0.4) is 0 Å². The maximum absolute atomic E-state index is 13.2. The number of aromatic nitrogens is 3. The average molecular weight is 387 g/mol. The van der Waals surface area contributed by atoms with Crippen LogP contribution in [0.4, 0.5) is 5.82 Å². The van der Waals surface area contributed by atoms with Gasteiger partial charge in [0.05, 0.1) is 5.69 Å². The quantitative estimate of drug-likeness (QED) is 0.677. The molecule has 1 aliphatic heterocycles. The van der Waals surface area contributed by atoms with Crippen LogP contribution in [0.15, 0.2) is 36.8 Å². The van der Waals surface area contributed by atoms with E-state index in [9.17, 15) is 4.79 Å². The number of ketones is 1. The van der Waals surface area contributed by atoms with Gasteiger partial charge >= 0.3 is 0 Å². The Hall–Kier alpha value is -2.99. The van der Waals surface area contributed by atoms with E-state index in [0.717, 1.165) is 60.0 Å². The number of rotatable bonds is 2. The van der Waals surface area contributed by atoms with Gasteiger partial charge in [0.2, 0.25) is 0 Å². The number of carbonyl (C=O) groups is 1. The van der Waals surface area contributed by atoms with Crippen LogP contribution in [0.1, 0.15) is 35.2 Å². The van der Waals surface area contributed by atoms with E-state index in [-0.39, 0.29) is 11.7 Å². The third kappa shape index (κ3) is 3.13. The van der Waals surface area contributed by atoms with E-state index in [1.165, 1.54) is 0 Å². The van der Waals surface area contributed by atoms with Crippen LogP contribution in [0, 0.1) is 6.92 Å². The van der Waals surface area contributed by atoms with Crippen molar-refractivity contribution in [2.24, 2.45) is 0 Å². The molecule has 0 N–H and O–H groups in total. The number of carbonyl (C=O) groups excluding carboxylic acids is 1. The van der Waals surface area contributed by atoms with Gasteiger partial charge < -0.3 is 14.2 Å². The third-order valence-electron chi connectivity index (χ3n) is 6.10. The van der Waals surface area contributed by atoms with E-state index in [1.807, 2.05) is 55.0 Å². The fraction of sp³-hybridized carbons (Fsp3) is 0.348. The minimum absolute atomic E-state index is 0.119. The predicted molar refractivity (Wildman–Crippen MR) is 115 cm³/mol. The number of aryl methyl sites for hydroxylation is 1. The molecule has 1 unspecified atom stereocenters. The topological polar surface area (TPSA) is 53.7 Å². The normalized spacial score (nSPS) is 20.1. The molecule has 6 heteroatoms. The van der Waals surface area contributed by atoms with Gasteiger partial charge in [-0.05, 0) is 54.9 Å². The maximum atomic E-state index is 13.2. The second-order valence-corrected chi connectivity index (χ2v) is 8.20. The Morgan fingerprint density at radius 1 is 1.14 bits per heavy atom. The van der Waals surface area contributed by atoms with Gasteiger partial charge in [-0.3, -0.25) is 4.79 Å². The number of nitrogens with zero attached hydrogens (tertiary/aromatic N) is 5. The summed E-state index contributed by atoms with van der Waals surface area (Å²) in [4.78, 5) is 27.2. The van der Waals surface area contributed by atoms with Gasteiger partial charge in [-0.1, -0.05) is 6.92 Å². The van der Waals surface area contributed by atoms with Gasteiger partial charge in [0.15, 0.2) is 5.78 Å². The lowest BCUT2D eigenvalue weighted by molar-refractivity contribution is -0.114. The summed E-state index contributed by atoms with van der Waals surface area (Å²) in [6.45, 7) is 8.03. The smallest absolute Gasteiger partial charge is 0.172 e. The molecule has 29 heavy (non-hydrogen) atoms. The van der Waals surface area contributed by atoms with Gasteiger partial charge in [-0.15, -0.1) is 0 Å². The Labute approximate surface area is 170 Å². The molecule has 1 fully saturated rings. The van der Waals surface area contributed by atoms with Crippen molar-refractivity contribution in [3.8, 4) is 0 Å². The molecule has 0 spiro atoms. The van der Waals surface area contributed by atoms with Crippen molar-refractivity contribution in [2.45, 2.75) is 19.8 Å². The van der Waals surface area contributed by atoms with E-state index in [4.69, 9.17) is 9.97 Å². The monoisotopic (exact) mass is 387 g/mol. The Bertz CT molecular complexity index is 1140. The zero-order valence-corrected chi connectivity index (χ0v) is 17.1. The summed E-state index contributed by atoms with van der Waals surface area (Å²) in [6, 6.07) is 6.17. The highest BCUT2D eigenvalue weighted by atomic mass is 16.1. The molecule has 3 aromatic rings. The van der Waals surface area contributed by atoms with Crippen LogP contribution in [-0.4, -0.2) is 58.3 Å². The predicted octanol–water partition coefficient (Wildman–Crippen LogP) is 3.02. The summed E-state index contributed by atoms with van der Waals surface area (Å²) in [5.41, 5.74) is 5.47. The van der Waals surface area contributed by atoms with Crippen LogP contribution in [0.2, 0.25) is 0 Å². The molecule has 1 saturated heterocycles. The summed E-state index contributed by atoms with van der Waals surface area (Å²) in [6.07, 6.45) is 7.78. The van der Waals surface area contributed by atoms with Crippen LogP contribution >= 0.6 is 0 Å². The second-order valence-electron chi connectivity index (χ2n) is 8.20. The van der Waals surface area contributed by atoms with Crippen molar-refractivity contribution in [1.82, 2.24) is 19.3 Å². The Morgan fingerprint density at radius 3 is 2.72 bits per heavy atom. The summed E-state index contributed by atoms with van der Waals surface area (Å²) in [5, 5.41) is 0. The standard InChI is InChI=1S/C23H25N5O/c1-15-4-5-28-14-20(25-22(28)10-15)19-11-17-13-24-21(12-18(17)16(2)23(19)29)27-8-6-26(3)7-9-27/h4-5,10-14,16H,6-9H2,1-3H3. The molecule has 4 heterocycles. The first-order chi connectivity index (χ1) is 14.0. The second kappa shape index (κ2) is 6.81. The van der Waals surface area contributed by atoms with Crippen molar-refractivity contribution >= 4 is 28.9 Å². The van der Waals surface area contributed by atoms with E-state index in [1.54, 1.807) is 0 Å². The number of piperazine rings is 1. The minimum atomic E-state index is -0.203. The molecule has 6 nitrogen and oxygen atoms in total. The molecule has 2 aliphatic rings. The lowest BCUT2D eigenvalue weighted by atomic mass is 9.83. The maximum Gasteiger partial charge on any atom is 0.172 e. The lowest BCUT2D eigenvalue weighted by Gasteiger charge is -2.34. The molecule has 5 rings (SSSR count). The first kappa shape index (κ1) is 18.1. The first-order valence-electron chi connectivity index (χ1n) is 10.1. The van der Waals surface area contributed by atoms with Crippen LogP contribution in [0.5, 0.6) is 0 Å². The SMILES string of the molecule is Cc1ccn2cc(C3=Cc4cnc(N5CCN(C)CC5)cc4C(C)C3=O)nc2c1. The summed E-state index contributed by atoms with van der Waals surface area (Å²) in [5.74, 6) is 0.885. The molecule has 0 aromatic carbocycles. The Morgan fingerprint density at radius 2 is 1.93 bits per heavy atom. The molecular weight excluding hydrogens is 362 g/mol. The zero-order chi connectivity index (χ0) is 20.1. The number of likely N-dealkylation sites (N-methyl/N-ethyl adjacent to an activating group) is 1. The van der Waals surface area contributed by atoms with E-state index in [2.05, 4.69) is 22.9 Å². The first-order valence-corrected chi connectivity index (χ1v) is 10.1. The van der Waals surface area contributed by atoms with E-state index >= 15 is 0 Å². The number of Topliss-reactive ketones (excluding diaryl/α,β-unsaturated/α-hetero) is 1. The molecule has 0 amide bonds. The number of anilines is 1. The fourth-order valence-electron chi connectivity index (χ4n) is 4.19. The fourth-order valence-corrected chi connectivity index (χ4v) is 4.19.